The van der Waals surface area contributed by atoms with Crippen LogP contribution in [0.5, 0.6) is 0 Å². The van der Waals surface area contributed by atoms with Gasteiger partial charge in [-0.05, 0) is 12.8 Å². The molecule has 6 heteroatoms. The van der Waals surface area contributed by atoms with Gasteiger partial charge in [0.25, 0.3) is 0 Å². The zero-order valence-electron chi connectivity index (χ0n) is 9.05. The Labute approximate surface area is 96.1 Å². The predicted molar refractivity (Wildman–Crippen MR) is 63.6 cm³/mol. The predicted octanol–water partition coefficient (Wildman–Crippen LogP) is 0.526. The maximum atomic E-state index is 11.8. The molecule has 1 atom stereocenters. The molecule has 1 unspecified atom stereocenters. The van der Waals surface area contributed by atoms with E-state index in [1.54, 1.807) is 4.31 Å². The van der Waals surface area contributed by atoms with E-state index in [-0.39, 0.29) is 12.4 Å². The first-order valence-electron chi connectivity index (χ1n) is 5.26. The molecule has 1 aliphatic heterocycles. The van der Waals surface area contributed by atoms with Gasteiger partial charge in [0, 0.05) is 30.7 Å². The van der Waals surface area contributed by atoms with Crippen LogP contribution in [0.1, 0.15) is 19.8 Å². The van der Waals surface area contributed by atoms with Crippen molar-refractivity contribution in [3.05, 3.63) is 0 Å². The lowest BCUT2D eigenvalue weighted by molar-refractivity contribution is 0.287. The number of aliphatic hydroxyl groups is 1. The van der Waals surface area contributed by atoms with Crippen LogP contribution >= 0.6 is 11.8 Å². The molecular formula is C9H19NO3S2. The normalized spacial score (nSPS) is 24.3. The summed E-state index contributed by atoms with van der Waals surface area (Å²) >= 11 is 1.82. The summed E-state index contributed by atoms with van der Waals surface area (Å²) in [7, 11) is -3.08. The third kappa shape index (κ3) is 4.30. The molecule has 0 saturated carbocycles. The van der Waals surface area contributed by atoms with E-state index in [4.69, 9.17) is 5.11 Å². The fourth-order valence-corrected chi connectivity index (χ4v) is 4.44. The molecule has 1 aliphatic rings. The summed E-state index contributed by atoms with van der Waals surface area (Å²) in [6.07, 6.45) is 1.12. The highest BCUT2D eigenvalue weighted by Crippen LogP contribution is 2.20. The van der Waals surface area contributed by atoms with Gasteiger partial charge in [0.2, 0.25) is 10.0 Å². The van der Waals surface area contributed by atoms with Crippen LogP contribution in [-0.4, -0.2) is 54.3 Å². The van der Waals surface area contributed by atoms with Gasteiger partial charge in [-0.1, -0.05) is 6.92 Å². The van der Waals surface area contributed by atoms with Crippen LogP contribution < -0.4 is 0 Å². The fraction of sp³-hybridized carbons (Fsp3) is 1.00. The maximum absolute atomic E-state index is 11.8. The standard InChI is InChI=1S/C9H19NO3S2/c1-9-8-10(4-6-14-9)15(12,13)7-3-2-5-11/h9,11H,2-8H2,1H3. The van der Waals surface area contributed by atoms with Gasteiger partial charge < -0.3 is 5.11 Å². The molecule has 1 fully saturated rings. The quantitative estimate of drug-likeness (QED) is 0.726. The summed E-state index contributed by atoms with van der Waals surface area (Å²) in [5, 5.41) is 9.00. The van der Waals surface area contributed by atoms with Crippen LogP contribution in [0, 0.1) is 0 Å². The minimum Gasteiger partial charge on any atom is -0.396 e. The molecule has 0 bridgehead atoms. The van der Waals surface area contributed by atoms with Crippen molar-refractivity contribution in [2.45, 2.75) is 25.0 Å². The van der Waals surface area contributed by atoms with Crippen molar-refractivity contribution < 1.29 is 13.5 Å². The van der Waals surface area contributed by atoms with E-state index in [0.717, 1.165) is 5.75 Å². The SMILES string of the molecule is CC1CN(S(=O)(=O)CCCCO)CCS1. The second kappa shape index (κ2) is 6.08. The Hall–Kier alpha value is 0.220. The van der Waals surface area contributed by atoms with E-state index in [1.807, 2.05) is 11.8 Å². The monoisotopic (exact) mass is 253 g/mol. The molecular weight excluding hydrogens is 234 g/mol. The second-order valence-corrected chi connectivity index (χ2v) is 7.42. The average molecular weight is 253 g/mol. The summed E-state index contributed by atoms with van der Waals surface area (Å²) in [5.41, 5.74) is 0. The third-order valence-electron chi connectivity index (χ3n) is 2.41. The number of nitrogens with zero attached hydrogens (tertiary/aromatic N) is 1. The van der Waals surface area contributed by atoms with Crippen molar-refractivity contribution in [3.8, 4) is 0 Å². The summed E-state index contributed by atoms with van der Waals surface area (Å²) in [6.45, 7) is 3.39. The third-order valence-corrected chi connectivity index (χ3v) is 5.47. The van der Waals surface area contributed by atoms with E-state index >= 15 is 0 Å². The molecule has 0 aliphatic carbocycles. The van der Waals surface area contributed by atoms with Gasteiger partial charge in [-0.2, -0.15) is 11.8 Å². The van der Waals surface area contributed by atoms with Gasteiger partial charge in [0.05, 0.1) is 5.75 Å². The highest BCUT2D eigenvalue weighted by molar-refractivity contribution is 8.00. The molecule has 0 aromatic rings. The molecule has 0 amide bonds. The average Bonchev–Trinajstić information content (AvgIpc) is 2.18. The van der Waals surface area contributed by atoms with E-state index in [9.17, 15) is 8.42 Å². The van der Waals surface area contributed by atoms with Gasteiger partial charge in [-0.25, -0.2) is 12.7 Å². The minimum atomic E-state index is -3.08. The first-order chi connectivity index (χ1) is 7.06. The molecule has 1 N–H and O–H groups in total. The van der Waals surface area contributed by atoms with Crippen LogP contribution in [0.4, 0.5) is 0 Å². The zero-order valence-corrected chi connectivity index (χ0v) is 10.7. The van der Waals surface area contributed by atoms with Gasteiger partial charge in [-0.15, -0.1) is 0 Å². The van der Waals surface area contributed by atoms with Crippen LogP contribution in [0.3, 0.4) is 0 Å². The molecule has 90 valence electrons. The zero-order chi connectivity index (χ0) is 11.3. The summed E-state index contributed by atoms with van der Waals surface area (Å²) < 4.78 is 25.3. The molecule has 1 heterocycles. The topological polar surface area (TPSA) is 57.6 Å². The van der Waals surface area contributed by atoms with Crippen molar-refractivity contribution in [2.24, 2.45) is 0 Å². The second-order valence-electron chi connectivity index (χ2n) is 3.79. The molecule has 15 heavy (non-hydrogen) atoms. The van der Waals surface area contributed by atoms with Crippen LogP contribution in [0.2, 0.25) is 0 Å². The Bertz CT molecular complexity index is 279. The number of aliphatic hydroxyl groups excluding tert-OH is 1. The van der Waals surface area contributed by atoms with Crippen molar-refractivity contribution in [1.29, 1.82) is 0 Å². The van der Waals surface area contributed by atoms with Crippen LogP contribution in [0.15, 0.2) is 0 Å². The first-order valence-corrected chi connectivity index (χ1v) is 7.92. The van der Waals surface area contributed by atoms with E-state index in [2.05, 4.69) is 6.92 Å². The number of hydrogen-bond acceptors (Lipinski definition) is 4. The Balaban J connectivity index is 2.45. The van der Waals surface area contributed by atoms with E-state index in [0.29, 0.717) is 31.2 Å². The van der Waals surface area contributed by atoms with Crippen molar-refractivity contribution in [1.82, 2.24) is 4.31 Å². The summed E-state index contributed by atoms with van der Waals surface area (Å²) in [6, 6.07) is 0. The highest BCUT2D eigenvalue weighted by atomic mass is 32.2. The van der Waals surface area contributed by atoms with Crippen molar-refractivity contribution in [2.75, 3.05) is 31.2 Å². The molecule has 0 radical (unpaired) electrons. The number of rotatable bonds is 5. The lowest BCUT2D eigenvalue weighted by atomic mass is 10.4. The number of sulfonamides is 1. The van der Waals surface area contributed by atoms with Crippen LogP contribution in [-0.2, 0) is 10.0 Å². The lowest BCUT2D eigenvalue weighted by Gasteiger charge is -2.29. The molecule has 1 rings (SSSR count). The molecule has 0 spiro atoms. The number of hydrogen-bond donors (Lipinski definition) is 1. The Morgan fingerprint density at radius 1 is 1.47 bits per heavy atom. The minimum absolute atomic E-state index is 0.0712. The molecule has 0 aromatic heterocycles. The van der Waals surface area contributed by atoms with Crippen molar-refractivity contribution >= 4 is 21.8 Å². The van der Waals surface area contributed by atoms with Gasteiger partial charge in [0.15, 0.2) is 0 Å². The summed E-state index contributed by atoms with van der Waals surface area (Å²) in [4.78, 5) is 0. The number of unbranched alkanes of at least 4 members (excludes halogenated alkanes) is 1. The maximum Gasteiger partial charge on any atom is 0.214 e. The Kier molecular flexibility index (Phi) is 5.38. The van der Waals surface area contributed by atoms with Crippen molar-refractivity contribution in [3.63, 3.8) is 0 Å². The van der Waals surface area contributed by atoms with Gasteiger partial charge >= 0.3 is 0 Å². The number of thioether (sulfide) groups is 1. The highest BCUT2D eigenvalue weighted by Gasteiger charge is 2.26. The largest absolute Gasteiger partial charge is 0.396 e. The molecule has 1 saturated heterocycles. The van der Waals surface area contributed by atoms with Gasteiger partial charge in [-0.3, -0.25) is 0 Å². The van der Waals surface area contributed by atoms with Gasteiger partial charge in [0.1, 0.15) is 0 Å². The summed E-state index contributed by atoms with van der Waals surface area (Å²) in [5.74, 6) is 1.06. The molecule has 4 nitrogen and oxygen atoms in total. The first kappa shape index (κ1) is 13.3. The van der Waals surface area contributed by atoms with E-state index in [1.165, 1.54) is 0 Å². The fourth-order valence-electron chi connectivity index (χ4n) is 1.56. The lowest BCUT2D eigenvalue weighted by Crippen LogP contribution is -2.42. The van der Waals surface area contributed by atoms with Crippen LogP contribution in [0.25, 0.3) is 0 Å². The Morgan fingerprint density at radius 2 is 2.20 bits per heavy atom. The Morgan fingerprint density at radius 3 is 2.80 bits per heavy atom. The van der Waals surface area contributed by atoms with E-state index < -0.39 is 10.0 Å². The molecule has 0 aromatic carbocycles. The smallest absolute Gasteiger partial charge is 0.214 e.